The van der Waals surface area contributed by atoms with E-state index in [1.54, 1.807) is 12.1 Å². The third-order valence-electron chi connectivity index (χ3n) is 2.52. The van der Waals surface area contributed by atoms with E-state index in [9.17, 15) is 9.59 Å². The van der Waals surface area contributed by atoms with Crippen molar-refractivity contribution in [1.29, 1.82) is 0 Å². The van der Waals surface area contributed by atoms with Gasteiger partial charge in [0.15, 0.2) is 5.92 Å². The number of benzene rings is 1. The van der Waals surface area contributed by atoms with Crippen molar-refractivity contribution in [2.45, 2.75) is 19.8 Å². The quantitative estimate of drug-likeness (QED) is 0.742. The van der Waals surface area contributed by atoms with E-state index in [0.717, 1.165) is 17.5 Å². The summed E-state index contributed by atoms with van der Waals surface area (Å²) in [7, 11) is 0. The Morgan fingerprint density at radius 1 is 1.12 bits per heavy atom. The Morgan fingerprint density at radius 3 is 2.06 bits per heavy atom. The minimum Gasteiger partial charge on any atom is -0.481 e. The molecule has 2 N–H and O–H groups in total. The molecule has 1 rings (SSSR count). The number of carboxylic acid groups (broad SMARTS) is 2. The zero-order valence-electron chi connectivity index (χ0n) is 9.01. The van der Waals surface area contributed by atoms with Crippen LogP contribution in [0.1, 0.15) is 18.1 Å². The zero-order chi connectivity index (χ0) is 12.1. The van der Waals surface area contributed by atoms with Crippen LogP contribution in [0.15, 0.2) is 24.3 Å². The van der Waals surface area contributed by atoms with Gasteiger partial charge in [-0.15, -0.1) is 0 Å². The number of aliphatic carboxylic acids is 2. The van der Waals surface area contributed by atoms with E-state index < -0.39 is 17.9 Å². The highest BCUT2D eigenvalue weighted by Crippen LogP contribution is 2.15. The molecule has 4 heteroatoms. The van der Waals surface area contributed by atoms with Gasteiger partial charge in [-0.3, -0.25) is 9.59 Å². The van der Waals surface area contributed by atoms with Gasteiger partial charge in [0.05, 0.1) is 0 Å². The number of carboxylic acids is 2. The van der Waals surface area contributed by atoms with E-state index in [0.29, 0.717) is 0 Å². The molecule has 0 amide bonds. The standard InChI is InChI=1S/C12H14O4/c1-2-8-5-3-4-6-9(8)7-10(11(13)14)12(15)16/h3-6,10H,2,7H2,1H3,(H,13,14)(H,15,16). The van der Waals surface area contributed by atoms with Gasteiger partial charge in [0.25, 0.3) is 0 Å². The first-order chi connectivity index (χ1) is 7.56. The van der Waals surface area contributed by atoms with Crippen molar-refractivity contribution < 1.29 is 19.8 Å². The molecule has 4 nitrogen and oxygen atoms in total. The summed E-state index contributed by atoms with van der Waals surface area (Å²) in [5.74, 6) is -3.95. The van der Waals surface area contributed by atoms with Crippen LogP contribution in [0.2, 0.25) is 0 Å². The first-order valence-electron chi connectivity index (χ1n) is 5.08. The van der Waals surface area contributed by atoms with Crippen LogP contribution in [0, 0.1) is 5.92 Å². The van der Waals surface area contributed by atoms with Gasteiger partial charge >= 0.3 is 11.9 Å². The lowest BCUT2D eigenvalue weighted by atomic mass is 9.95. The molecule has 0 saturated heterocycles. The summed E-state index contributed by atoms with van der Waals surface area (Å²) >= 11 is 0. The Balaban J connectivity index is 2.93. The van der Waals surface area contributed by atoms with Gasteiger partial charge in [-0.25, -0.2) is 0 Å². The highest BCUT2D eigenvalue weighted by Gasteiger charge is 2.26. The lowest BCUT2D eigenvalue weighted by Gasteiger charge is -2.10. The minimum absolute atomic E-state index is 0.0364. The molecule has 0 spiro atoms. The number of rotatable bonds is 5. The van der Waals surface area contributed by atoms with Gasteiger partial charge in [-0.2, -0.15) is 0 Å². The molecule has 0 fully saturated rings. The van der Waals surface area contributed by atoms with Crippen molar-refractivity contribution in [3.05, 3.63) is 35.4 Å². The zero-order valence-corrected chi connectivity index (χ0v) is 9.01. The van der Waals surface area contributed by atoms with E-state index in [2.05, 4.69) is 0 Å². The summed E-state index contributed by atoms with van der Waals surface area (Å²) in [4.78, 5) is 21.5. The maximum atomic E-state index is 10.8. The molecular weight excluding hydrogens is 208 g/mol. The second kappa shape index (κ2) is 5.30. The molecule has 0 radical (unpaired) electrons. The van der Waals surface area contributed by atoms with E-state index in [1.807, 2.05) is 19.1 Å². The lowest BCUT2D eigenvalue weighted by Crippen LogP contribution is -2.25. The summed E-state index contributed by atoms with van der Waals surface area (Å²) in [6.45, 7) is 1.95. The topological polar surface area (TPSA) is 74.6 Å². The maximum absolute atomic E-state index is 10.8. The fourth-order valence-electron chi connectivity index (χ4n) is 1.60. The summed E-state index contributed by atoms with van der Waals surface area (Å²) in [5.41, 5.74) is 1.79. The number of aryl methyl sites for hydroxylation is 1. The Kier molecular flexibility index (Phi) is 4.05. The van der Waals surface area contributed by atoms with Crippen LogP contribution < -0.4 is 0 Å². The molecule has 0 aliphatic heterocycles. The van der Waals surface area contributed by atoms with Crippen molar-refractivity contribution in [2.75, 3.05) is 0 Å². The molecule has 86 valence electrons. The SMILES string of the molecule is CCc1ccccc1CC(C(=O)O)C(=O)O. The number of hydrogen-bond donors (Lipinski definition) is 2. The maximum Gasteiger partial charge on any atom is 0.318 e. The van der Waals surface area contributed by atoms with Gasteiger partial charge in [-0.1, -0.05) is 31.2 Å². The molecule has 1 aromatic rings. The second-order valence-corrected chi connectivity index (χ2v) is 3.56. The van der Waals surface area contributed by atoms with Crippen LogP contribution in [-0.4, -0.2) is 22.2 Å². The van der Waals surface area contributed by atoms with Crippen LogP contribution in [-0.2, 0) is 22.4 Å². The van der Waals surface area contributed by atoms with E-state index in [1.165, 1.54) is 0 Å². The van der Waals surface area contributed by atoms with Gasteiger partial charge in [0.1, 0.15) is 0 Å². The smallest absolute Gasteiger partial charge is 0.318 e. The average Bonchev–Trinajstić information content (AvgIpc) is 2.25. The first-order valence-corrected chi connectivity index (χ1v) is 5.08. The molecule has 0 aliphatic carbocycles. The van der Waals surface area contributed by atoms with Crippen LogP contribution in [0.25, 0.3) is 0 Å². The molecule has 0 aliphatic rings. The van der Waals surface area contributed by atoms with Crippen molar-refractivity contribution in [3.8, 4) is 0 Å². The molecule has 0 unspecified atom stereocenters. The van der Waals surface area contributed by atoms with Crippen molar-refractivity contribution in [2.24, 2.45) is 5.92 Å². The molecule has 0 saturated carbocycles. The Hall–Kier alpha value is -1.84. The summed E-state index contributed by atoms with van der Waals surface area (Å²) in [6, 6.07) is 7.31. The van der Waals surface area contributed by atoms with Crippen molar-refractivity contribution >= 4 is 11.9 Å². The third kappa shape index (κ3) is 2.82. The Bertz CT molecular complexity index is 384. The van der Waals surface area contributed by atoms with Crippen LogP contribution in [0.3, 0.4) is 0 Å². The molecule has 0 bridgehead atoms. The van der Waals surface area contributed by atoms with Crippen LogP contribution >= 0.6 is 0 Å². The third-order valence-corrected chi connectivity index (χ3v) is 2.52. The van der Waals surface area contributed by atoms with Crippen LogP contribution in [0.4, 0.5) is 0 Å². The van der Waals surface area contributed by atoms with Gasteiger partial charge in [0, 0.05) is 0 Å². The molecule has 0 atom stereocenters. The second-order valence-electron chi connectivity index (χ2n) is 3.56. The summed E-state index contributed by atoms with van der Waals surface area (Å²) in [6.07, 6.45) is 0.802. The highest BCUT2D eigenvalue weighted by molar-refractivity contribution is 5.93. The highest BCUT2D eigenvalue weighted by atomic mass is 16.4. The normalized spacial score (nSPS) is 10.4. The summed E-state index contributed by atoms with van der Waals surface area (Å²) < 4.78 is 0. The van der Waals surface area contributed by atoms with Gasteiger partial charge in [0.2, 0.25) is 0 Å². The van der Waals surface area contributed by atoms with Crippen molar-refractivity contribution in [1.82, 2.24) is 0 Å². The average molecular weight is 222 g/mol. The Labute approximate surface area is 93.5 Å². The van der Waals surface area contributed by atoms with Crippen LogP contribution in [0.5, 0.6) is 0 Å². The predicted molar refractivity (Wildman–Crippen MR) is 58.3 cm³/mol. The van der Waals surface area contributed by atoms with Crippen molar-refractivity contribution in [3.63, 3.8) is 0 Å². The molecular formula is C12H14O4. The van der Waals surface area contributed by atoms with Gasteiger partial charge in [-0.05, 0) is 24.0 Å². The van der Waals surface area contributed by atoms with E-state index >= 15 is 0 Å². The fourth-order valence-corrected chi connectivity index (χ4v) is 1.60. The molecule has 0 aromatic heterocycles. The Morgan fingerprint density at radius 2 is 1.62 bits per heavy atom. The first kappa shape index (κ1) is 12.2. The minimum atomic E-state index is -1.37. The largest absolute Gasteiger partial charge is 0.481 e. The monoisotopic (exact) mass is 222 g/mol. The number of hydrogen-bond acceptors (Lipinski definition) is 2. The molecule has 16 heavy (non-hydrogen) atoms. The molecule has 0 heterocycles. The van der Waals surface area contributed by atoms with Gasteiger partial charge < -0.3 is 10.2 Å². The lowest BCUT2D eigenvalue weighted by molar-refractivity contribution is -0.154. The predicted octanol–water partition coefficient (Wildman–Crippen LogP) is 1.58. The molecule has 1 aromatic carbocycles. The number of carbonyl (C=O) groups is 2. The summed E-state index contributed by atoms with van der Waals surface area (Å²) in [5, 5.41) is 17.6. The fraction of sp³-hybridized carbons (Fsp3) is 0.333. The van der Waals surface area contributed by atoms with E-state index in [4.69, 9.17) is 10.2 Å². The van der Waals surface area contributed by atoms with E-state index in [-0.39, 0.29) is 6.42 Å².